The van der Waals surface area contributed by atoms with Gasteiger partial charge >= 0.3 is 6.03 Å². The largest absolute Gasteiger partial charge is 0.465 e. The molecule has 0 bridgehead atoms. The number of carbonyl (C=O) groups excluding carboxylic acids is 1. The van der Waals surface area contributed by atoms with Crippen molar-refractivity contribution >= 4 is 6.03 Å². The van der Waals surface area contributed by atoms with Gasteiger partial charge in [-0.25, -0.2) is 4.79 Å². The van der Waals surface area contributed by atoms with Crippen LogP contribution in [0.15, 0.2) is 16.5 Å². The fraction of sp³-hybridized carbons (Fsp3) is 0.706. The fourth-order valence-corrected chi connectivity index (χ4v) is 2.66. The molecule has 1 aromatic rings. The minimum absolute atomic E-state index is 0.0449. The molecular formula is C17H29N3O3. The van der Waals surface area contributed by atoms with Crippen molar-refractivity contribution in [1.82, 2.24) is 15.5 Å². The Morgan fingerprint density at radius 3 is 2.61 bits per heavy atom. The fourth-order valence-electron chi connectivity index (χ4n) is 2.66. The molecule has 1 saturated heterocycles. The Morgan fingerprint density at radius 1 is 1.26 bits per heavy atom. The molecule has 2 N–H and O–H groups in total. The van der Waals surface area contributed by atoms with Crippen LogP contribution in [0.3, 0.4) is 0 Å². The first-order valence-corrected chi connectivity index (χ1v) is 8.46. The Labute approximate surface area is 138 Å². The number of urea groups is 1. The summed E-state index contributed by atoms with van der Waals surface area (Å²) in [5.41, 5.74) is 0. The third-order valence-electron chi connectivity index (χ3n) is 4.04. The van der Waals surface area contributed by atoms with Gasteiger partial charge in [0.15, 0.2) is 0 Å². The molecule has 1 aliphatic heterocycles. The van der Waals surface area contributed by atoms with Crippen LogP contribution in [0, 0.1) is 12.8 Å². The minimum atomic E-state index is -0.118. The second-order valence-electron chi connectivity index (χ2n) is 6.43. The number of carbonyl (C=O) groups is 1. The lowest BCUT2D eigenvalue weighted by atomic mass is 10.1. The van der Waals surface area contributed by atoms with Gasteiger partial charge in [-0.3, -0.25) is 4.90 Å². The summed E-state index contributed by atoms with van der Waals surface area (Å²) >= 11 is 0. The third-order valence-corrected chi connectivity index (χ3v) is 4.04. The molecule has 2 heterocycles. The molecule has 2 rings (SSSR count). The van der Waals surface area contributed by atoms with Crippen LogP contribution in [0.5, 0.6) is 0 Å². The first-order chi connectivity index (χ1) is 11.1. The summed E-state index contributed by atoms with van der Waals surface area (Å²) in [5, 5.41) is 5.87. The second-order valence-corrected chi connectivity index (χ2v) is 6.43. The van der Waals surface area contributed by atoms with Crippen molar-refractivity contribution in [3.8, 4) is 0 Å². The van der Waals surface area contributed by atoms with Crippen LogP contribution in [-0.4, -0.2) is 50.3 Å². The zero-order valence-electron chi connectivity index (χ0n) is 14.4. The molecule has 0 aliphatic carbocycles. The quantitative estimate of drug-likeness (QED) is 0.808. The molecule has 1 unspecified atom stereocenters. The van der Waals surface area contributed by atoms with Gasteiger partial charge in [-0.05, 0) is 31.4 Å². The number of ether oxygens (including phenoxy) is 1. The van der Waals surface area contributed by atoms with Gasteiger partial charge in [0.2, 0.25) is 0 Å². The van der Waals surface area contributed by atoms with Gasteiger partial charge in [-0.2, -0.15) is 0 Å². The number of morpholine rings is 1. The highest BCUT2D eigenvalue weighted by Crippen LogP contribution is 2.23. The van der Waals surface area contributed by atoms with Crippen molar-refractivity contribution in [2.45, 2.75) is 33.2 Å². The molecule has 6 nitrogen and oxygen atoms in total. The molecule has 23 heavy (non-hydrogen) atoms. The van der Waals surface area contributed by atoms with E-state index in [4.69, 9.17) is 9.15 Å². The van der Waals surface area contributed by atoms with Crippen molar-refractivity contribution in [2.75, 3.05) is 39.4 Å². The van der Waals surface area contributed by atoms with E-state index in [2.05, 4.69) is 29.4 Å². The summed E-state index contributed by atoms with van der Waals surface area (Å²) in [6, 6.07) is 3.88. The average Bonchev–Trinajstić information content (AvgIpc) is 2.94. The minimum Gasteiger partial charge on any atom is -0.465 e. The summed E-state index contributed by atoms with van der Waals surface area (Å²) in [6.07, 6.45) is 0.984. The van der Waals surface area contributed by atoms with Crippen LogP contribution in [-0.2, 0) is 4.74 Å². The summed E-state index contributed by atoms with van der Waals surface area (Å²) in [6.45, 7) is 10.6. The lowest BCUT2D eigenvalue weighted by Crippen LogP contribution is -2.45. The van der Waals surface area contributed by atoms with Gasteiger partial charge in [-0.1, -0.05) is 13.8 Å². The van der Waals surface area contributed by atoms with Gasteiger partial charge in [0.1, 0.15) is 11.5 Å². The number of aryl methyl sites for hydroxylation is 1. The highest BCUT2D eigenvalue weighted by atomic mass is 16.5. The molecule has 0 spiro atoms. The maximum Gasteiger partial charge on any atom is 0.314 e. The number of amides is 2. The predicted octanol–water partition coefficient (Wildman–Crippen LogP) is 2.31. The summed E-state index contributed by atoms with van der Waals surface area (Å²) in [4.78, 5) is 14.3. The van der Waals surface area contributed by atoms with Crippen molar-refractivity contribution in [3.63, 3.8) is 0 Å². The molecule has 130 valence electrons. The number of rotatable bonds is 7. The molecule has 1 atom stereocenters. The molecule has 6 heteroatoms. The van der Waals surface area contributed by atoms with E-state index in [-0.39, 0.29) is 12.1 Å². The number of hydrogen-bond acceptors (Lipinski definition) is 4. The monoisotopic (exact) mass is 323 g/mol. The van der Waals surface area contributed by atoms with Crippen LogP contribution in [0.25, 0.3) is 0 Å². The normalized spacial score (nSPS) is 17.2. The third kappa shape index (κ3) is 5.88. The van der Waals surface area contributed by atoms with E-state index in [0.717, 1.165) is 44.2 Å². The van der Waals surface area contributed by atoms with Gasteiger partial charge in [0.25, 0.3) is 0 Å². The van der Waals surface area contributed by atoms with Crippen molar-refractivity contribution in [2.24, 2.45) is 5.92 Å². The summed E-state index contributed by atoms with van der Waals surface area (Å²) in [5.74, 6) is 2.37. The summed E-state index contributed by atoms with van der Waals surface area (Å²) < 4.78 is 11.2. The molecule has 0 saturated carbocycles. The zero-order valence-corrected chi connectivity index (χ0v) is 14.4. The molecule has 2 amide bonds. The number of furan rings is 1. The standard InChI is InChI=1S/C17H29N3O3/c1-13(2)6-7-18-17(21)19-12-15(16-5-4-14(3)23-16)20-8-10-22-11-9-20/h4-5,13,15H,6-12H2,1-3H3,(H2,18,19,21). The van der Waals surface area contributed by atoms with Crippen LogP contribution in [0.4, 0.5) is 4.79 Å². The van der Waals surface area contributed by atoms with Gasteiger partial charge in [-0.15, -0.1) is 0 Å². The lowest BCUT2D eigenvalue weighted by Gasteiger charge is -2.33. The SMILES string of the molecule is Cc1ccc(C(CNC(=O)NCCC(C)C)N2CCOCC2)o1. The zero-order chi connectivity index (χ0) is 16.7. The van der Waals surface area contributed by atoms with Gasteiger partial charge in [0, 0.05) is 26.2 Å². The summed E-state index contributed by atoms with van der Waals surface area (Å²) in [7, 11) is 0. The number of nitrogens with zero attached hydrogens (tertiary/aromatic N) is 1. The second kappa shape index (κ2) is 8.93. The molecule has 1 fully saturated rings. The first-order valence-electron chi connectivity index (χ1n) is 8.46. The average molecular weight is 323 g/mol. The van der Waals surface area contributed by atoms with E-state index in [1.807, 2.05) is 19.1 Å². The molecule has 0 radical (unpaired) electrons. The van der Waals surface area contributed by atoms with Crippen LogP contribution < -0.4 is 10.6 Å². The van der Waals surface area contributed by atoms with E-state index >= 15 is 0 Å². The first kappa shape index (κ1) is 17.8. The molecule has 1 aliphatic rings. The number of nitrogens with one attached hydrogen (secondary N) is 2. The van der Waals surface area contributed by atoms with Gasteiger partial charge in [0.05, 0.1) is 19.3 Å². The maximum absolute atomic E-state index is 12.0. The van der Waals surface area contributed by atoms with E-state index in [1.165, 1.54) is 0 Å². The van der Waals surface area contributed by atoms with Crippen molar-refractivity contribution in [3.05, 3.63) is 23.7 Å². The van der Waals surface area contributed by atoms with Gasteiger partial charge < -0.3 is 19.8 Å². The van der Waals surface area contributed by atoms with E-state index in [0.29, 0.717) is 19.0 Å². The Bertz CT molecular complexity index is 481. The molecular weight excluding hydrogens is 294 g/mol. The highest BCUT2D eigenvalue weighted by molar-refractivity contribution is 5.73. The smallest absolute Gasteiger partial charge is 0.314 e. The van der Waals surface area contributed by atoms with E-state index in [1.54, 1.807) is 0 Å². The van der Waals surface area contributed by atoms with Crippen LogP contribution >= 0.6 is 0 Å². The number of hydrogen-bond donors (Lipinski definition) is 2. The Hall–Kier alpha value is -1.53. The molecule has 1 aromatic heterocycles. The Morgan fingerprint density at radius 2 is 2.00 bits per heavy atom. The Balaban J connectivity index is 1.88. The van der Waals surface area contributed by atoms with E-state index in [9.17, 15) is 4.79 Å². The maximum atomic E-state index is 12.0. The van der Waals surface area contributed by atoms with E-state index < -0.39 is 0 Å². The van der Waals surface area contributed by atoms with Crippen LogP contribution in [0.1, 0.15) is 37.8 Å². The van der Waals surface area contributed by atoms with Crippen molar-refractivity contribution in [1.29, 1.82) is 0 Å². The van der Waals surface area contributed by atoms with Crippen molar-refractivity contribution < 1.29 is 13.9 Å². The molecule has 0 aromatic carbocycles. The Kier molecular flexibility index (Phi) is 6.92. The van der Waals surface area contributed by atoms with Crippen LogP contribution in [0.2, 0.25) is 0 Å². The highest BCUT2D eigenvalue weighted by Gasteiger charge is 2.25. The lowest BCUT2D eigenvalue weighted by molar-refractivity contribution is 0.0121. The topological polar surface area (TPSA) is 66.7 Å². The predicted molar refractivity (Wildman–Crippen MR) is 89.4 cm³/mol.